The molecule has 0 amide bonds. The van der Waals surface area contributed by atoms with Crippen molar-refractivity contribution in [1.29, 1.82) is 0 Å². The third-order valence-corrected chi connectivity index (χ3v) is 5.37. The average Bonchev–Trinajstić information content (AvgIpc) is 3.07. The van der Waals surface area contributed by atoms with Crippen LogP contribution in [0.2, 0.25) is 0 Å². The molecule has 0 saturated carbocycles. The number of hydrogen-bond donors (Lipinski definition) is 0. The summed E-state index contributed by atoms with van der Waals surface area (Å²) < 4.78 is 7.62. The monoisotopic (exact) mass is 364 g/mol. The van der Waals surface area contributed by atoms with Crippen LogP contribution >= 0.6 is 0 Å². The zero-order valence-electron chi connectivity index (χ0n) is 15.9. The maximum absolute atomic E-state index is 5.32. The van der Waals surface area contributed by atoms with Crippen molar-refractivity contribution in [2.24, 2.45) is 7.05 Å². The van der Waals surface area contributed by atoms with Gasteiger partial charge in [-0.05, 0) is 29.8 Å². The van der Waals surface area contributed by atoms with E-state index in [1.807, 2.05) is 30.5 Å². The molecule has 0 aliphatic rings. The Morgan fingerprint density at radius 2 is 1.39 bits per heavy atom. The minimum Gasteiger partial charge on any atom is -0.497 e. The van der Waals surface area contributed by atoms with Crippen LogP contribution in [0.3, 0.4) is 0 Å². The van der Waals surface area contributed by atoms with E-state index in [0.29, 0.717) is 0 Å². The summed E-state index contributed by atoms with van der Waals surface area (Å²) >= 11 is 0. The number of hydrogen-bond acceptors (Lipinski definition) is 2. The lowest BCUT2D eigenvalue weighted by molar-refractivity contribution is 0.415. The molecule has 3 aromatic carbocycles. The predicted molar refractivity (Wildman–Crippen MR) is 116 cm³/mol. The highest BCUT2D eigenvalue weighted by Gasteiger charge is 2.16. The highest BCUT2D eigenvalue weighted by molar-refractivity contribution is 6.15. The number of methoxy groups -OCH3 is 1. The second-order valence-corrected chi connectivity index (χ2v) is 6.91. The molecule has 0 saturated heterocycles. The molecule has 3 nitrogen and oxygen atoms in total. The highest BCUT2D eigenvalue weighted by atomic mass is 16.5. The molecule has 5 rings (SSSR count). The number of pyridine rings is 1. The van der Waals surface area contributed by atoms with E-state index in [2.05, 4.69) is 71.2 Å². The van der Waals surface area contributed by atoms with Gasteiger partial charge in [0.15, 0.2) is 0 Å². The molecule has 136 valence electrons. The maximum atomic E-state index is 5.32. The fourth-order valence-corrected chi connectivity index (χ4v) is 4.09. The molecule has 2 aromatic heterocycles. The predicted octanol–water partition coefficient (Wildman–Crippen LogP) is 6.07. The first-order valence-electron chi connectivity index (χ1n) is 9.34. The second-order valence-electron chi connectivity index (χ2n) is 6.91. The maximum Gasteiger partial charge on any atom is 0.118 e. The van der Waals surface area contributed by atoms with Crippen molar-refractivity contribution in [3.05, 3.63) is 85.1 Å². The van der Waals surface area contributed by atoms with Crippen LogP contribution in [-0.4, -0.2) is 16.7 Å². The van der Waals surface area contributed by atoms with Crippen molar-refractivity contribution >= 4 is 21.8 Å². The molecule has 0 atom stereocenters. The Bertz CT molecular complexity index is 1290. The first kappa shape index (κ1) is 16.6. The van der Waals surface area contributed by atoms with Gasteiger partial charge < -0.3 is 9.30 Å². The number of nitrogens with zero attached hydrogens (tertiary/aromatic N) is 2. The standard InChI is InChI=1S/C25H20N2O/c1-27-24-19(17-12-14-18(28-2)15-13-17)7-5-8-20(24)21-9-6-10-22(25(21)27)23-11-3-4-16-26-23/h3-16H,1-2H3. The smallest absolute Gasteiger partial charge is 0.118 e. The Balaban J connectivity index is 1.83. The van der Waals surface area contributed by atoms with Gasteiger partial charge in [0, 0.05) is 35.1 Å². The van der Waals surface area contributed by atoms with E-state index < -0.39 is 0 Å². The van der Waals surface area contributed by atoms with Gasteiger partial charge in [-0.25, -0.2) is 0 Å². The second kappa shape index (κ2) is 6.54. The molecule has 0 spiro atoms. The van der Waals surface area contributed by atoms with Gasteiger partial charge in [0.2, 0.25) is 0 Å². The van der Waals surface area contributed by atoms with Crippen LogP contribution in [0, 0.1) is 0 Å². The average molecular weight is 364 g/mol. The molecule has 3 heteroatoms. The zero-order valence-corrected chi connectivity index (χ0v) is 15.9. The van der Waals surface area contributed by atoms with E-state index in [9.17, 15) is 0 Å². The number of aryl methyl sites for hydroxylation is 1. The van der Waals surface area contributed by atoms with Gasteiger partial charge in [-0.3, -0.25) is 4.98 Å². The lowest BCUT2D eigenvalue weighted by Crippen LogP contribution is -1.93. The Kier molecular flexibility index (Phi) is 3.87. The van der Waals surface area contributed by atoms with E-state index >= 15 is 0 Å². The summed E-state index contributed by atoms with van der Waals surface area (Å²) in [5.74, 6) is 0.866. The third kappa shape index (κ3) is 2.48. The van der Waals surface area contributed by atoms with Gasteiger partial charge in [-0.2, -0.15) is 0 Å². The van der Waals surface area contributed by atoms with Crippen LogP contribution in [0.15, 0.2) is 85.1 Å². The summed E-state index contributed by atoms with van der Waals surface area (Å²) in [4.78, 5) is 4.58. The van der Waals surface area contributed by atoms with Gasteiger partial charge >= 0.3 is 0 Å². The summed E-state index contributed by atoms with van der Waals surface area (Å²) in [5.41, 5.74) is 6.97. The van der Waals surface area contributed by atoms with E-state index in [0.717, 1.165) is 17.0 Å². The number of benzene rings is 3. The molecule has 0 radical (unpaired) electrons. The number of aromatic nitrogens is 2. The summed E-state index contributed by atoms with van der Waals surface area (Å²) in [5, 5.41) is 2.50. The van der Waals surface area contributed by atoms with Crippen LogP contribution < -0.4 is 4.74 Å². The molecule has 5 aromatic rings. The first-order chi connectivity index (χ1) is 13.8. The molecular formula is C25H20N2O. The Hall–Kier alpha value is -3.59. The topological polar surface area (TPSA) is 27.1 Å². The molecule has 0 fully saturated rings. The van der Waals surface area contributed by atoms with Crippen molar-refractivity contribution in [2.45, 2.75) is 0 Å². The number of para-hydroxylation sites is 2. The van der Waals surface area contributed by atoms with Gasteiger partial charge in [0.25, 0.3) is 0 Å². The van der Waals surface area contributed by atoms with E-state index in [4.69, 9.17) is 4.74 Å². The highest BCUT2D eigenvalue weighted by Crippen LogP contribution is 2.39. The molecule has 0 bridgehead atoms. The fraction of sp³-hybridized carbons (Fsp3) is 0.0800. The van der Waals surface area contributed by atoms with E-state index in [1.165, 1.54) is 32.9 Å². The Labute approximate surface area is 163 Å². The van der Waals surface area contributed by atoms with Crippen LogP contribution in [0.1, 0.15) is 0 Å². The van der Waals surface area contributed by atoms with Crippen LogP contribution in [-0.2, 0) is 7.05 Å². The Morgan fingerprint density at radius 1 is 0.714 bits per heavy atom. The SMILES string of the molecule is COc1ccc(-c2cccc3c4cccc(-c5ccccn5)c4n(C)c23)cc1. The fourth-order valence-electron chi connectivity index (χ4n) is 4.09. The van der Waals surface area contributed by atoms with E-state index in [-0.39, 0.29) is 0 Å². The molecule has 0 N–H and O–H groups in total. The summed E-state index contributed by atoms with van der Waals surface area (Å²) in [6.45, 7) is 0. The molecule has 0 unspecified atom stereocenters. The van der Waals surface area contributed by atoms with Gasteiger partial charge in [-0.15, -0.1) is 0 Å². The summed E-state index contributed by atoms with van der Waals surface area (Å²) in [6.07, 6.45) is 1.85. The van der Waals surface area contributed by atoms with E-state index in [1.54, 1.807) is 7.11 Å². The van der Waals surface area contributed by atoms with Crippen LogP contribution in [0.25, 0.3) is 44.2 Å². The first-order valence-corrected chi connectivity index (χ1v) is 9.34. The van der Waals surface area contributed by atoms with Crippen molar-refractivity contribution in [3.63, 3.8) is 0 Å². The molecule has 0 aliphatic carbocycles. The summed E-state index contributed by atoms with van der Waals surface area (Å²) in [7, 11) is 3.84. The third-order valence-electron chi connectivity index (χ3n) is 5.37. The molecule has 0 aliphatic heterocycles. The van der Waals surface area contributed by atoms with Gasteiger partial charge in [0.1, 0.15) is 5.75 Å². The van der Waals surface area contributed by atoms with Crippen molar-refractivity contribution in [3.8, 4) is 28.1 Å². The summed E-state index contributed by atoms with van der Waals surface area (Å²) in [6, 6.07) is 27.3. The number of ether oxygens (including phenoxy) is 1. The van der Waals surface area contributed by atoms with Crippen LogP contribution in [0.5, 0.6) is 5.75 Å². The quantitative estimate of drug-likeness (QED) is 0.388. The normalized spacial score (nSPS) is 11.2. The minimum atomic E-state index is 0.866. The molecular weight excluding hydrogens is 344 g/mol. The molecule has 2 heterocycles. The number of rotatable bonds is 3. The largest absolute Gasteiger partial charge is 0.497 e. The van der Waals surface area contributed by atoms with Crippen molar-refractivity contribution < 1.29 is 4.74 Å². The lowest BCUT2D eigenvalue weighted by Gasteiger charge is -2.09. The van der Waals surface area contributed by atoms with Crippen molar-refractivity contribution in [2.75, 3.05) is 7.11 Å². The minimum absolute atomic E-state index is 0.866. The zero-order chi connectivity index (χ0) is 19.1. The Morgan fingerprint density at radius 3 is 2.04 bits per heavy atom. The van der Waals surface area contributed by atoms with Gasteiger partial charge in [-0.1, -0.05) is 54.6 Å². The number of fused-ring (bicyclic) bond motifs is 3. The van der Waals surface area contributed by atoms with Crippen LogP contribution in [0.4, 0.5) is 0 Å². The van der Waals surface area contributed by atoms with Crippen molar-refractivity contribution in [1.82, 2.24) is 9.55 Å². The lowest BCUT2D eigenvalue weighted by atomic mass is 10.0. The molecule has 28 heavy (non-hydrogen) atoms. The van der Waals surface area contributed by atoms with Gasteiger partial charge in [0.05, 0.1) is 23.8 Å².